The fourth-order valence-corrected chi connectivity index (χ4v) is 8.43. The lowest BCUT2D eigenvalue weighted by atomic mass is 9.67. The van der Waals surface area contributed by atoms with Gasteiger partial charge in [0.25, 0.3) is 0 Å². The van der Waals surface area contributed by atoms with Crippen LogP contribution < -0.4 is 0 Å². The fraction of sp³-hybridized carbons (Fsp3) is 0.744. The van der Waals surface area contributed by atoms with E-state index >= 15 is 26.3 Å². The van der Waals surface area contributed by atoms with Crippen molar-refractivity contribution in [3.63, 3.8) is 0 Å². The number of hydrogen-bond donors (Lipinski definition) is 0. The van der Waals surface area contributed by atoms with Gasteiger partial charge >= 0.3 is 47.5 Å². The quantitative estimate of drug-likeness (QED) is 0.0200. The van der Waals surface area contributed by atoms with E-state index in [1.807, 2.05) is 0 Å². The normalized spacial score (nSPS) is 15.5. The summed E-state index contributed by atoms with van der Waals surface area (Å²) in [4.78, 5) is 24.6. The zero-order chi connectivity index (χ0) is 43.9. The van der Waals surface area contributed by atoms with Gasteiger partial charge in [-0.15, -0.1) is 6.58 Å². The number of hydrogen-bond acceptors (Lipinski definition) is 4. The minimum Gasteiger partial charge on any atom is -0.462 e. The highest BCUT2D eigenvalue weighted by atomic mass is 127. The summed E-state index contributed by atoms with van der Waals surface area (Å²) in [5, 5.41) is 0. The van der Waals surface area contributed by atoms with E-state index in [1.165, 1.54) is 53.8 Å². The van der Waals surface area contributed by atoms with E-state index < -0.39 is 86.4 Å². The maximum Gasteiger partial charge on any atom is 0.384 e. The molecule has 4 nitrogen and oxygen atoms in total. The summed E-state index contributed by atoms with van der Waals surface area (Å²) >= 11 is 2.83. The molecule has 0 fully saturated rings. The van der Waals surface area contributed by atoms with Gasteiger partial charge in [-0.1, -0.05) is 97.7 Å². The number of halogens is 14. The average molecular weight is 1070 g/mol. The third kappa shape index (κ3) is 13.0. The van der Waals surface area contributed by atoms with Crippen molar-refractivity contribution in [2.45, 2.75) is 160 Å². The first-order chi connectivity index (χ1) is 26.3. The Morgan fingerprint density at radius 1 is 0.614 bits per heavy atom. The van der Waals surface area contributed by atoms with E-state index in [0.717, 1.165) is 19.8 Å². The molecule has 3 atom stereocenters. The summed E-state index contributed by atoms with van der Waals surface area (Å²) in [5.41, 5.74) is -2.84. The third-order valence-electron chi connectivity index (χ3n) is 9.89. The smallest absolute Gasteiger partial charge is 0.384 e. The Morgan fingerprint density at radius 2 is 1.04 bits per heavy atom. The van der Waals surface area contributed by atoms with Crippen LogP contribution in [0, 0.1) is 5.41 Å². The number of carbonyl (C=O) groups excluding carboxylic acids is 2. The van der Waals surface area contributed by atoms with Crippen molar-refractivity contribution < 1.29 is 71.7 Å². The lowest BCUT2D eigenvalue weighted by Crippen LogP contribution is -2.73. The number of carbonyl (C=O) groups is 2. The molecule has 0 amide bonds. The van der Waals surface area contributed by atoms with Crippen LogP contribution in [0.3, 0.4) is 0 Å². The summed E-state index contributed by atoms with van der Waals surface area (Å²) in [5.74, 6) is -42.9. The molecule has 0 aliphatic rings. The van der Waals surface area contributed by atoms with Gasteiger partial charge in [-0.25, -0.2) is 9.59 Å². The maximum absolute atomic E-state index is 16.0. The van der Waals surface area contributed by atoms with E-state index in [2.05, 4.69) is 6.58 Å². The van der Waals surface area contributed by atoms with Crippen molar-refractivity contribution in [1.82, 2.24) is 0 Å². The van der Waals surface area contributed by atoms with Gasteiger partial charge < -0.3 is 9.47 Å². The molecule has 0 aliphatic carbocycles. The molecule has 0 saturated heterocycles. The Balaban J connectivity index is 3.08. The highest BCUT2D eigenvalue weighted by Crippen LogP contribution is 2.65. The highest BCUT2D eigenvalue weighted by Gasteiger charge is 2.91. The molecule has 3 unspecified atom stereocenters. The van der Waals surface area contributed by atoms with Crippen LogP contribution in [-0.2, 0) is 9.47 Å². The topological polar surface area (TPSA) is 52.6 Å². The second-order valence-electron chi connectivity index (χ2n) is 14.2. The number of benzene rings is 1. The summed E-state index contributed by atoms with van der Waals surface area (Å²) in [7, 11) is 0. The van der Waals surface area contributed by atoms with Gasteiger partial charge in [-0.2, -0.15) is 52.7 Å². The van der Waals surface area contributed by atoms with Crippen molar-refractivity contribution in [1.29, 1.82) is 0 Å². The van der Waals surface area contributed by atoms with Crippen LogP contribution in [0.25, 0.3) is 0 Å². The van der Waals surface area contributed by atoms with E-state index in [-0.39, 0.29) is 69.3 Å². The molecular formula is C39H52F12I2O4. The molecule has 1 aromatic rings. The van der Waals surface area contributed by atoms with E-state index in [9.17, 15) is 35.9 Å². The molecule has 0 saturated carbocycles. The highest BCUT2D eigenvalue weighted by molar-refractivity contribution is 14.1. The Morgan fingerprint density at radius 3 is 1.49 bits per heavy atom. The molecule has 1 rings (SSSR count). The number of esters is 2. The molecule has 18 heteroatoms. The summed E-state index contributed by atoms with van der Waals surface area (Å²) in [6, 6.07) is 5.42. The summed E-state index contributed by atoms with van der Waals surface area (Å²) < 4.78 is 190. The van der Waals surface area contributed by atoms with Crippen molar-refractivity contribution in [3.8, 4) is 0 Å². The molecule has 0 radical (unpaired) electrons. The second kappa shape index (κ2) is 22.9. The summed E-state index contributed by atoms with van der Waals surface area (Å²) in [6.07, 6.45) is -0.484. The van der Waals surface area contributed by atoms with Crippen LogP contribution in [-0.4, -0.2) is 68.5 Å². The molecule has 0 aromatic heterocycles. The first-order valence-corrected chi connectivity index (χ1v) is 21.4. The standard InChI is InChI=1S/C39H52F12I2O4/c1-5-9-12-14-23-56-31(54)27-18-20-28(21-19-27)32(55)57-24-15-13-17-29(52)25-33(8-4,22-11-7-3)35(42,43)37(46,47)39(50,51)38(48,49)36(44,45)34(40,41)26-30(53)16-10-6-2/h5,18-21,29-30H,1,6-17,22-26H2,2-4H3. The molecule has 0 spiro atoms. The van der Waals surface area contributed by atoms with Crippen molar-refractivity contribution >= 4 is 57.1 Å². The van der Waals surface area contributed by atoms with Gasteiger partial charge in [-0.05, 0) is 88.5 Å². The Hall–Kier alpha value is -1.48. The van der Waals surface area contributed by atoms with Gasteiger partial charge in [-0.3, -0.25) is 0 Å². The number of ether oxygens (including phenoxy) is 2. The molecule has 57 heavy (non-hydrogen) atoms. The number of allylic oxidation sites excluding steroid dienone is 1. The number of alkyl halides is 14. The Kier molecular flexibility index (Phi) is 21.5. The molecule has 330 valence electrons. The van der Waals surface area contributed by atoms with Gasteiger partial charge in [0.15, 0.2) is 0 Å². The van der Waals surface area contributed by atoms with Crippen LogP contribution in [0.5, 0.6) is 0 Å². The van der Waals surface area contributed by atoms with Gasteiger partial charge in [0.05, 0.1) is 24.3 Å². The van der Waals surface area contributed by atoms with E-state index in [0.29, 0.717) is 12.8 Å². The van der Waals surface area contributed by atoms with Crippen LogP contribution in [0.4, 0.5) is 52.7 Å². The monoisotopic (exact) mass is 1070 g/mol. The van der Waals surface area contributed by atoms with Gasteiger partial charge in [0.1, 0.15) is 0 Å². The maximum atomic E-state index is 16.0. The predicted octanol–water partition coefficient (Wildman–Crippen LogP) is 14.5. The molecular weight excluding hydrogens is 1010 g/mol. The summed E-state index contributed by atoms with van der Waals surface area (Å²) in [6.45, 7) is 7.64. The van der Waals surface area contributed by atoms with Gasteiger partial charge in [0, 0.05) is 19.7 Å². The van der Waals surface area contributed by atoms with Crippen molar-refractivity contribution in [2.75, 3.05) is 13.2 Å². The largest absolute Gasteiger partial charge is 0.462 e. The SMILES string of the molecule is C=CCCCCOC(=O)c1ccc(C(=O)OCCCCC(I)CC(CC)(CCCC)C(F)(F)C(F)(F)C(F)(F)C(F)(F)C(F)(F)C(F)(F)CC(I)CCCC)cc1. The van der Waals surface area contributed by atoms with E-state index in [4.69, 9.17) is 9.47 Å². The number of unbranched alkanes of at least 4 members (excludes halogenated alkanes) is 5. The molecule has 1 aromatic carbocycles. The minimum absolute atomic E-state index is 0.0234. The van der Waals surface area contributed by atoms with E-state index in [1.54, 1.807) is 35.6 Å². The zero-order valence-electron chi connectivity index (χ0n) is 32.2. The first kappa shape index (κ1) is 53.5. The van der Waals surface area contributed by atoms with Crippen molar-refractivity contribution in [2.24, 2.45) is 5.41 Å². The van der Waals surface area contributed by atoms with Crippen LogP contribution in [0.2, 0.25) is 0 Å². The predicted molar refractivity (Wildman–Crippen MR) is 211 cm³/mol. The van der Waals surface area contributed by atoms with Crippen LogP contribution in [0.1, 0.15) is 138 Å². The molecule has 0 heterocycles. The molecule has 0 N–H and O–H groups in total. The minimum atomic E-state index is -7.62. The van der Waals surface area contributed by atoms with Gasteiger partial charge in [0.2, 0.25) is 0 Å². The molecule has 0 bridgehead atoms. The Bertz CT molecular complexity index is 1400. The third-order valence-corrected chi connectivity index (χ3v) is 12.0. The Labute approximate surface area is 354 Å². The average Bonchev–Trinajstić information content (AvgIpc) is 3.14. The zero-order valence-corrected chi connectivity index (χ0v) is 36.5. The number of rotatable bonds is 29. The first-order valence-electron chi connectivity index (χ1n) is 18.9. The van der Waals surface area contributed by atoms with Crippen LogP contribution >= 0.6 is 45.2 Å². The van der Waals surface area contributed by atoms with Crippen LogP contribution in [0.15, 0.2) is 36.9 Å². The second-order valence-corrected chi connectivity index (χ2v) is 17.7. The molecule has 0 aliphatic heterocycles. The lowest BCUT2D eigenvalue weighted by Gasteiger charge is -2.48. The fourth-order valence-electron chi connectivity index (χ4n) is 6.16. The lowest BCUT2D eigenvalue weighted by molar-refractivity contribution is -0.436. The van der Waals surface area contributed by atoms with Crippen molar-refractivity contribution in [3.05, 3.63) is 48.0 Å².